The molecule has 2 N–H and O–H groups in total. The van der Waals surface area contributed by atoms with E-state index in [1.165, 1.54) is 11.5 Å². The summed E-state index contributed by atoms with van der Waals surface area (Å²) in [7, 11) is 0. The molecule has 3 nitrogen and oxygen atoms in total. The Balaban J connectivity index is 1.67. The van der Waals surface area contributed by atoms with E-state index in [0.29, 0.717) is 6.54 Å². The zero-order valence-electron chi connectivity index (χ0n) is 12.1. The van der Waals surface area contributed by atoms with Crippen LogP contribution in [0.2, 0.25) is 0 Å². The number of halogens is 1. The topological polar surface area (TPSA) is 44.5 Å². The van der Waals surface area contributed by atoms with Gasteiger partial charge in [0.05, 0.1) is 16.7 Å². The van der Waals surface area contributed by atoms with Crippen molar-refractivity contribution >= 4 is 27.7 Å². The van der Waals surface area contributed by atoms with Gasteiger partial charge in [0.15, 0.2) is 0 Å². The van der Waals surface area contributed by atoms with E-state index in [9.17, 15) is 0 Å². The third-order valence-corrected chi connectivity index (χ3v) is 5.98. The van der Waals surface area contributed by atoms with Crippen LogP contribution in [0.15, 0.2) is 22.7 Å². The fraction of sp³-hybridized carbons (Fsp3) is 0.625. The van der Waals surface area contributed by atoms with Gasteiger partial charge in [-0.05, 0) is 58.0 Å². The van der Waals surface area contributed by atoms with Crippen LogP contribution in [-0.4, -0.2) is 29.8 Å². The van der Waals surface area contributed by atoms with Crippen molar-refractivity contribution in [2.24, 2.45) is 5.73 Å². The van der Waals surface area contributed by atoms with Crippen molar-refractivity contribution in [3.8, 4) is 5.75 Å². The predicted octanol–water partition coefficient (Wildman–Crippen LogP) is 3.73. The van der Waals surface area contributed by atoms with Crippen LogP contribution in [0.25, 0.3) is 0 Å². The highest BCUT2D eigenvalue weighted by atomic mass is 79.9. The predicted molar refractivity (Wildman–Crippen MR) is 90.9 cm³/mol. The standard InChI is InChI=1S/C16H22BrNO2S/c17-14-9-12(11-18)1-2-15(14)20-13-3-6-19-16(10-13)4-7-21-8-5-16/h1-2,9,13H,3-8,10-11,18H2. The van der Waals surface area contributed by atoms with Crippen LogP contribution in [0.1, 0.15) is 31.2 Å². The molecular formula is C16H22BrNO2S. The fourth-order valence-corrected chi connectivity index (χ4v) is 4.88. The summed E-state index contributed by atoms with van der Waals surface area (Å²) in [6.07, 6.45) is 4.55. The first kappa shape index (κ1) is 15.7. The lowest BCUT2D eigenvalue weighted by atomic mass is 9.86. The first-order chi connectivity index (χ1) is 10.2. The molecular weight excluding hydrogens is 350 g/mol. The van der Waals surface area contributed by atoms with Crippen LogP contribution in [0.5, 0.6) is 5.75 Å². The zero-order valence-corrected chi connectivity index (χ0v) is 14.5. The highest BCUT2D eigenvalue weighted by Gasteiger charge is 2.39. The molecule has 1 aromatic carbocycles. The van der Waals surface area contributed by atoms with Crippen LogP contribution in [0.3, 0.4) is 0 Å². The number of hydrogen-bond donors (Lipinski definition) is 1. The minimum absolute atomic E-state index is 0.0673. The van der Waals surface area contributed by atoms with Gasteiger partial charge in [0.2, 0.25) is 0 Å². The lowest BCUT2D eigenvalue weighted by Crippen LogP contribution is -2.46. The minimum atomic E-state index is 0.0673. The van der Waals surface area contributed by atoms with E-state index in [2.05, 4.69) is 15.9 Å². The molecule has 2 saturated heterocycles. The highest BCUT2D eigenvalue weighted by Crippen LogP contribution is 2.39. The van der Waals surface area contributed by atoms with Crippen LogP contribution in [0.4, 0.5) is 0 Å². The molecule has 0 aliphatic carbocycles. The number of hydrogen-bond acceptors (Lipinski definition) is 4. The van der Waals surface area contributed by atoms with Gasteiger partial charge in [-0.25, -0.2) is 0 Å². The van der Waals surface area contributed by atoms with E-state index in [-0.39, 0.29) is 11.7 Å². The van der Waals surface area contributed by atoms with Gasteiger partial charge in [-0.1, -0.05) is 6.07 Å². The van der Waals surface area contributed by atoms with Gasteiger partial charge in [-0.2, -0.15) is 11.8 Å². The lowest BCUT2D eigenvalue weighted by Gasteiger charge is -2.43. The smallest absolute Gasteiger partial charge is 0.133 e. The number of ether oxygens (including phenoxy) is 2. The molecule has 2 aliphatic heterocycles. The molecule has 3 rings (SSSR count). The Morgan fingerprint density at radius 3 is 2.90 bits per heavy atom. The van der Waals surface area contributed by atoms with Gasteiger partial charge in [0.1, 0.15) is 11.9 Å². The van der Waals surface area contributed by atoms with Gasteiger partial charge >= 0.3 is 0 Å². The molecule has 0 bridgehead atoms. The Bertz CT molecular complexity index is 486. The molecule has 1 unspecified atom stereocenters. The molecule has 1 spiro atoms. The largest absolute Gasteiger partial charge is 0.489 e. The van der Waals surface area contributed by atoms with E-state index < -0.39 is 0 Å². The van der Waals surface area contributed by atoms with Gasteiger partial charge in [-0.15, -0.1) is 0 Å². The zero-order chi connectivity index (χ0) is 14.7. The number of nitrogens with two attached hydrogens (primary N) is 1. The molecule has 1 atom stereocenters. The third kappa shape index (κ3) is 3.76. The normalized spacial score (nSPS) is 25.0. The first-order valence-electron chi connectivity index (χ1n) is 7.58. The summed E-state index contributed by atoms with van der Waals surface area (Å²) in [5.74, 6) is 3.34. The quantitative estimate of drug-likeness (QED) is 0.878. The van der Waals surface area contributed by atoms with Crippen LogP contribution in [0, 0.1) is 0 Å². The maximum Gasteiger partial charge on any atom is 0.133 e. The van der Waals surface area contributed by atoms with E-state index >= 15 is 0 Å². The molecule has 0 amide bonds. The first-order valence-corrected chi connectivity index (χ1v) is 9.52. The van der Waals surface area contributed by atoms with Crippen molar-refractivity contribution < 1.29 is 9.47 Å². The summed E-state index contributed by atoms with van der Waals surface area (Å²) >= 11 is 5.62. The second-order valence-electron chi connectivity index (χ2n) is 5.85. The molecule has 0 radical (unpaired) electrons. The van der Waals surface area contributed by atoms with E-state index in [1.807, 2.05) is 30.0 Å². The number of rotatable bonds is 3. The molecule has 2 heterocycles. The maximum absolute atomic E-state index is 6.24. The van der Waals surface area contributed by atoms with E-state index in [1.54, 1.807) is 0 Å². The van der Waals surface area contributed by atoms with Crippen molar-refractivity contribution in [3.63, 3.8) is 0 Å². The summed E-state index contributed by atoms with van der Waals surface area (Å²) in [6, 6.07) is 6.10. The highest BCUT2D eigenvalue weighted by molar-refractivity contribution is 9.10. The molecule has 5 heteroatoms. The fourth-order valence-electron chi connectivity index (χ4n) is 3.12. The van der Waals surface area contributed by atoms with Gasteiger partial charge < -0.3 is 15.2 Å². The van der Waals surface area contributed by atoms with Crippen LogP contribution in [-0.2, 0) is 11.3 Å². The van der Waals surface area contributed by atoms with E-state index in [4.69, 9.17) is 15.2 Å². The Morgan fingerprint density at radius 2 is 2.19 bits per heavy atom. The second kappa shape index (κ2) is 6.90. The van der Waals surface area contributed by atoms with Crippen molar-refractivity contribution in [2.45, 2.75) is 43.9 Å². The minimum Gasteiger partial charge on any atom is -0.489 e. The SMILES string of the molecule is NCc1ccc(OC2CCOC3(CCSCC3)C2)c(Br)c1. The van der Waals surface area contributed by atoms with Crippen molar-refractivity contribution in [1.29, 1.82) is 0 Å². The third-order valence-electron chi connectivity index (χ3n) is 4.38. The number of thioether (sulfide) groups is 1. The average molecular weight is 372 g/mol. The molecule has 21 heavy (non-hydrogen) atoms. The van der Waals surface area contributed by atoms with Crippen LogP contribution < -0.4 is 10.5 Å². The Labute approximate surface area is 139 Å². The maximum atomic E-state index is 6.24. The van der Waals surface area contributed by atoms with Crippen molar-refractivity contribution in [3.05, 3.63) is 28.2 Å². The number of benzene rings is 1. The summed E-state index contributed by atoms with van der Waals surface area (Å²) in [5, 5.41) is 0. The van der Waals surface area contributed by atoms with Gasteiger partial charge in [0.25, 0.3) is 0 Å². The molecule has 2 fully saturated rings. The second-order valence-corrected chi connectivity index (χ2v) is 7.92. The average Bonchev–Trinajstić information content (AvgIpc) is 2.50. The van der Waals surface area contributed by atoms with Gasteiger partial charge in [-0.3, -0.25) is 0 Å². The molecule has 1 aromatic rings. The Morgan fingerprint density at radius 1 is 1.38 bits per heavy atom. The summed E-state index contributed by atoms with van der Waals surface area (Å²) in [6.45, 7) is 1.37. The summed E-state index contributed by atoms with van der Waals surface area (Å²) < 4.78 is 13.3. The van der Waals surface area contributed by atoms with Crippen molar-refractivity contribution in [1.82, 2.24) is 0 Å². The molecule has 116 valence electrons. The van der Waals surface area contributed by atoms with Gasteiger partial charge in [0, 0.05) is 19.4 Å². The molecule has 0 aromatic heterocycles. The summed E-state index contributed by atoms with van der Waals surface area (Å²) in [4.78, 5) is 0. The molecule has 2 aliphatic rings. The monoisotopic (exact) mass is 371 g/mol. The van der Waals surface area contributed by atoms with Crippen LogP contribution >= 0.6 is 27.7 Å². The van der Waals surface area contributed by atoms with Crippen molar-refractivity contribution in [2.75, 3.05) is 18.1 Å². The Hall–Kier alpha value is -0.230. The molecule has 0 saturated carbocycles. The Kier molecular flexibility index (Phi) is 5.15. The van der Waals surface area contributed by atoms with E-state index in [0.717, 1.165) is 48.1 Å². The summed E-state index contributed by atoms with van der Waals surface area (Å²) in [5.41, 5.74) is 6.85. The lowest BCUT2D eigenvalue weighted by molar-refractivity contribution is -0.116.